The molecule has 0 radical (unpaired) electrons. The highest BCUT2D eigenvalue weighted by atomic mass is 19.4. The van der Waals surface area contributed by atoms with Crippen LogP contribution in [-0.4, -0.2) is 163 Å². The molecule has 0 aromatic carbocycles. The third kappa shape index (κ3) is 38.1. The summed E-state index contributed by atoms with van der Waals surface area (Å²) in [6.45, 7) is 22.6. The SMILES string of the molecule is CC1(N)CC1.CC1(O)CC2(CC(N)C2)C1.CC12CC3CC(C)(C1)CC(N)(C3)C2.CC12CC3CC(C1)CC(N)(C3)C2.CC1CC2(C1)CC(C)(O)C2.CC1CCC(F)(F)C1.CC1CCCC(N)C1.CC1CCCCCC1.NC12CCC(C(F)(F)F)(CC1)C2.NC1CC(C(F)(F)F)C1.NC1CC(F)(F)C1.NC1CC(O)C1.NC1CC2(C1)CC(N)C2.NC1CC2(C1)CC(O)C2.NC1CCC(F)(F)CC1.NCC1CC(F)(F)C1. The van der Waals surface area contributed by atoms with Gasteiger partial charge in [0.25, 0.3) is 5.92 Å². The van der Waals surface area contributed by atoms with Crippen molar-refractivity contribution in [3.8, 4) is 0 Å². The predicted octanol–water partition coefficient (Wildman–Crippen LogP) is 21.7. The molecular weight excluding hydrogens is 1860 g/mol. The van der Waals surface area contributed by atoms with Crippen LogP contribution in [0.2, 0.25) is 0 Å². The summed E-state index contributed by atoms with van der Waals surface area (Å²) in [5, 5.41) is 36.5. The van der Waals surface area contributed by atoms with E-state index in [1.54, 1.807) is 0 Å². The average molecular weight is 2060 g/mol. The average Bonchev–Trinajstić information content (AvgIpc) is 1.39. The van der Waals surface area contributed by atoms with Gasteiger partial charge in [-0.15, -0.1) is 0 Å². The summed E-state index contributed by atoms with van der Waals surface area (Å²) in [4.78, 5) is 0. The summed E-state index contributed by atoms with van der Waals surface area (Å²) in [5.74, 6) is -4.59. The van der Waals surface area contributed by atoms with Crippen molar-refractivity contribution in [3.05, 3.63) is 0 Å². The molecule has 27 aliphatic carbocycles. The molecule has 0 amide bonds. The van der Waals surface area contributed by atoms with Gasteiger partial charge >= 0.3 is 12.4 Å². The van der Waals surface area contributed by atoms with E-state index < -0.39 is 52.9 Å². The molecule has 27 rings (SSSR count). The van der Waals surface area contributed by atoms with Crippen molar-refractivity contribution in [2.45, 2.75) is 590 Å². The second-order valence-corrected chi connectivity index (χ2v) is 56.8. The van der Waals surface area contributed by atoms with Crippen LogP contribution in [0, 0.1) is 96.6 Å². The van der Waals surface area contributed by atoms with E-state index >= 15 is 0 Å². The first-order valence-corrected chi connectivity index (χ1v) is 56.5. The van der Waals surface area contributed by atoms with Gasteiger partial charge in [0.1, 0.15) is 0 Å². The van der Waals surface area contributed by atoms with Gasteiger partial charge in [-0.3, -0.25) is 0 Å². The molecule has 27 aliphatic rings. The van der Waals surface area contributed by atoms with Gasteiger partial charge in [-0.25, -0.2) is 35.1 Å². The molecule has 0 aromatic heterocycles. The van der Waals surface area contributed by atoms with Crippen molar-refractivity contribution in [1.82, 2.24) is 0 Å². The third-order valence-electron chi connectivity index (χ3n) is 38.0. The molecule has 143 heavy (non-hydrogen) atoms. The van der Waals surface area contributed by atoms with Crippen LogP contribution < -0.4 is 80.3 Å². The van der Waals surface area contributed by atoms with Crippen LogP contribution in [0.5, 0.6) is 0 Å². The Balaban J connectivity index is 0.000000157. The predicted molar refractivity (Wildman–Crippen MR) is 547 cm³/mol. The van der Waals surface area contributed by atoms with E-state index in [0.29, 0.717) is 113 Å². The van der Waals surface area contributed by atoms with Gasteiger partial charge in [0.15, 0.2) is 0 Å². The number of rotatable bonds is 1. The number of aliphatic hydroxyl groups is 4. The zero-order chi connectivity index (χ0) is 107. The Morgan fingerprint density at radius 3 is 0.909 bits per heavy atom. The van der Waals surface area contributed by atoms with Crippen LogP contribution in [0.25, 0.3) is 0 Å². The molecule has 27 saturated carbocycles. The number of halogens is 14. The molecule has 32 N–H and O–H groups in total. The van der Waals surface area contributed by atoms with Gasteiger partial charge in [-0.05, 0) is 395 Å². The quantitative estimate of drug-likeness (QED) is 0.0856. The van der Waals surface area contributed by atoms with Crippen molar-refractivity contribution < 1.29 is 81.9 Å². The zero-order valence-corrected chi connectivity index (χ0v) is 89.8. The number of nitrogens with two attached hydrogens (primary N) is 14. The first kappa shape index (κ1) is 123. The minimum absolute atomic E-state index is 0.00231. The molecule has 27 fully saturated rings. The summed E-state index contributed by atoms with van der Waals surface area (Å²) in [6, 6.07) is 2.23. The molecule has 0 saturated heterocycles. The Bertz CT molecular complexity index is 3570. The number of fused-ring (bicyclic) bond motifs is 2. The van der Waals surface area contributed by atoms with Crippen molar-refractivity contribution in [2.24, 2.45) is 177 Å². The minimum atomic E-state index is -4.04. The standard InChI is InChI=1S/C12H21N.C11H19N.C9H16O.C8H12F3N.C8H15NO.C8H16.C7H14N2.C7H13NO.C7H15N.C6H11F2N.C6H10F2.C5H8F3N.C5H9F2N.C4H7F2N.C4H9NO.C4H9N/c1-10-3-9-4-11(2,6-10)8-12(13,5-9)7-10;1-10-3-8-2-9(4-10)6-11(12,5-8)7-10;1-7-3-9(4-7)5-8(2,10)6-9;9-8(10,11)6-1-3-7(12,5-6)4-2-6;1-7(10)4-8(5-7)2-6(9)3-8;1-8-6-4-2-3-5-7-8;2*8-5-1-7(2-5)3-6(9)4-7;1-6-3-2-4-7(8)5-6;7-6(8)3-1-5(9)2-4-6;1-5-2-3-6(7,8)4-5;6-5(7,8)3-1-4(9)2-3;6-5(7)1-4(2-5)3-8;5-4(6)1-3(7)2-4;5-3-1-4(6)2-3;1-4(5)2-3-4/h9H,3-8,13H2,1-2H3;8-9H,2-7,12H2,1H3;7,10H,3-6H2,1-2H3;1-5,12H2;6,10H,2-5,9H2,1H3;8H,2-7H2,1H3;5-6H,1-4,8-9H2;5-6,9H,1-4,8H2;6-7H,2-5,8H2,1H3;5H,1-4,9H2;5H,2-4H2,1H3;3-4H,1-2,9H2;4H,1-3,8H2;3H,1-2,7H2;3-4,6H,1-2,5H2;2-3,5H2,1H3. The molecule has 18 nitrogen and oxygen atoms in total. The molecule has 7 atom stereocenters. The van der Waals surface area contributed by atoms with Crippen molar-refractivity contribution in [2.75, 3.05) is 6.54 Å². The van der Waals surface area contributed by atoms with E-state index in [4.69, 9.17) is 90.5 Å². The summed E-state index contributed by atoms with van der Waals surface area (Å²) >= 11 is 0. The van der Waals surface area contributed by atoms with Gasteiger partial charge in [0.2, 0.25) is 17.8 Å². The lowest BCUT2D eigenvalue weighted by Gasteiger charge is -2.64. The number of hydrogen-bond donors (Lipinski definition) is 18. The van der Waals surface area contributed by atoms with Crippen LogP contribution in [0.1, 0.15) is 454 Å². The smallest absolute Gasteiger partial charge is 0.393 e. The fourth-order valence-corrected chi connectivity index (χ4v) is 32.5. The highest BCUT2D eigenvalue weighted by Gasteiger charge is 2.66. The van der Waals surface area contributed by atoms with E-state index in [9.17, 15) is 71.7 Å². The largest absolute Gasteiger partial charge is 0.394 e. The Hall–Kier alpha value is -1.70. The lowest BCUT2D eigenvalue weighted by molar-refractivity contribution is -0.220. The normalized spacial score (nSPS) is 46.1. The first-order chi connectivity index (χ1) is 65.4. The van der Waals surface area contributed by atoms with Crippen LogP contribution >= 0.6 is 0 Å². The number of alkyl halides is 14. The van der Waals surface area contributed by atoms with Gasteiger partial charge in [0, 0.05) is 128 Å². The van der Waals surface area contributed by atoms with Gasteiger partial charge in [0.05, 0.1) is 34.7 Å². The molecule has 10 bridgehead atoms. The Kier molecular flexibility index (Phi) is 40.9. The third-order valence-corrected chi connectivity index (χ3v) is 38.0. The second-order valence-electron chi connectivity index (χ2n) is 56.8. The molecule has 0 aromatic rings. The Labute approximate surface area is 851 Å². The Morgan fingerprint density at radius 1 is 0.280 bits per heavy atom. The van der Waals surface area contributed by atoms with Gasteiger partial charge in [-0.1, -0.05) is 99.8 Å². The number of hydrogen-bond acceptors (Lipinski definition) is 18. The monoisotopic (exact) mass is 2060 g/mol. The van der Waals surface area contributed by atoms with E-state index in [2.05, 4.69) is 48.5 Å². The van der Waals surface area contributed by atoms with E-state index in [1.807, 2.05) is 20.8 Å². The summed E-state index contributed by atoms with van der Waals surface area (Å²) in [5.41, 5.74) is 80.8. The summed E-state index contributed by atoms with van der Waals surface area (Å²) in [6.07, 6.45) is 48.8. The highest BCUT2D eigenvalue weighted by molar-refractivity contribution is 5.16. The van der Waals surface area contributed by atoms with Crippen LogP contribution in [0.15, 0.2) is 0 Å². The summed E-state index contributed by atoms with van der Waals surface area (Å²) in [7, 11) is 0. The molecule has 0 aliphatic heterocycles. The lowest BCUT2D eigenvalue weighted by Crippen LogP contribution is -2.62. The highest BCUT2D eigenvalue weighted by Crippen LogP contribution is 2.68. The zero-order valence-electron chi connectivity index (χ0n) is 89.8. The molecule has 0 heterocycles. The Morgan fingerprint density at radius 2 is 0.671 bits per heavy atom. The fraction of sp³-hybridized carbons (Fsp3) is 1.00. The van der Waals surface area contributed by atoms with Gasteiger partial charge < -0.3 is 101 Å². The molecule has 32 heteroatoms. The maximum atomic E-state index is 12.6. The topological polar surface area (TPSA) is 445 Å². The minimum Gasteiger partial charge on any atom is -0.393 e. The molecule has 4 spiro atoms. The van der Waals surface area contributed by atoms with E-state index in [-0.39, 0.29) is 153 Å². The van der Waals surface area contributed by atoms with Crippen molar-refractivity contribution in [3.63, 3.8) is 0 Å². The maximum absolute atomic E-state index is 12.6. The van der Waals surface area contributed by atoms with Crippen LogP contribution in [0.4, 0.5) is 61.5 Å². The molecule has 7 unspecified atom stereocenters. The van der Waals surface area contributed by atoms with Crippen LogP contribution in [-0.2, 0) is 0 Å². The van der Waals surface area contributed by atoms with E-state index in [1.165, 1.54) is 193 Å². The van der Waals surface area contributed by atoms with Crippen molar-refractivity contribution >= 4 is 0 Å². The van der Waals surface area contributed by atoms with Gasteiger partial charge in [-0.2, -0.15) is 26.3 Å². The molecular formula is C111H204F14N14O4. The number of aliphatic hydroxyl groups excluding tert-OH is 2. The second kappa shape index (κ2) is 47.5. The van der Waals surface area contributed by atoms with Crippen LogP contribution in [0.3, 0.4) is 0 Å². The molecule has 840 valence electrons. The van der Waals surface area contributed by atoms with Crippen molar-refractivity contribution in [1.29, 1.82) is 0 Å². The fourth-order valence-electron chi connectivity index (χ4n) is 32.5. The van der Waals surface area contributed by atoms with E-state index in [0.717, 1.165) is 113 Å². The summed E-state index contributed by atoms with van der Waals surface area (Å²) < 4.78 is 169. The maximum Gasteiger partial charge on any atom is 0.394 e. The lowest BCUT2D eigenvalue weighted by atomic mass is 9.43. The first-order valence-electron chi connectivity index (χ1n) is 56.5.